The van der Waals surface area contributed by atoms with Crippen molar-refractivity contribution < 1.29 is 18.6 Å². The maximum absolute atomic E-state index is 13.9. The number of methoxy groups -OCH3 is 1. The van der Waals surface area contributed by atoms with Crippen LogP contribution in [0.1, 0.15) is 23.6 Å². The van der Waals surface area contributed by atoms with Crippen LogP contribution in [0.2, 0.25) is 0 Å². The first-order valence-electron chi connectivity index (χ1n) is 9.87. The highest BCUT2D eigenvalue weighted by molar-refractivity contribution is 5.79. The highest BCUT2D eigenvalue weighted by atomic mass is 19.1. The molecule has 29 heavy (non-hydrogen) atoms. The van der Waals surface area contributed by atoms with E-state index in [1.54, 1.807) is 7.11 Å². The molecule has 0 atom stereocenters. The number of nitrogens with zero attached hydrogens (tertiary/aromatic N) is 1. The summed E-state index contributed by atoms with van der Waals surface area (Å²) in [5.74, 6) is 2.07. The Morgan fingerprint density at radius 2 is 2.03 bits per heavy atom. The average Bonchev–Trinajstić information content (AvgIpc) is 2.74. The molecule has 0 aromatic heterocycles. The average molecular weight is 401 g/mol. The minimum Gasteiger partial charge on any atom is -0.496 e. The normalized spacial score (nSPS) is 13.4. The van der Waals surface area contributed by atoms with Crippen LogP contribution >= 0.6 is 0 Å². The van der Waals surface area contributed by atoms with Crippen LogP contribution in [0.15, 0.2) is 41.4 Å². The number of para-hydroxylation sites is 1. The monoisotopic (exact) mass is 401 g/mol. The van der Waals surface area contributed by atoms with E-state index in [0.717, 1.165) is 47.1 Å². The summed E-state index contributed by atoms with van der Waals surface area (Å²) in [4.78, 5) is 4.63. The number of benzene rings is 2. The number of fused-ring (bicyclic) bond motifs is 1. The van der Waals surface area contributed by atoms with Gasteiger partial charge in [-0.2, -0.15) is 0 Å². The third-order valence-corrected chi connectivity index (χ3v) is 4.63. The van der Waals surface area contributed by atoms with Crippen LogP contribution in [0.3, 0.4) is 0 Å². The number of halogens is 1. The summed E-state index contributed by atoms with van der Waals surface area (Å²) in [6.45, 7) is 4.60. The first-order chi connectivity index (χ1) is 14.2. The fraction of sp³-hybridized carbons (Fsp3) is 0.409. The van der Waals surface area contributed by atoms with Crippen LogP contribution in [0, 0.1) is 5.82 Å². The van der Waals surface area contributed by atoms with Gasteiger partial charge in [0.25, 0.3) is 0 Å². The summed E-state index contributed by atoms with van der Waals surface area (Å²) < 4.78 is 30.1. The van der Waals surface area contributed by atoms with Gasteiger partial charge in [-0.1, -0.05) is 18.2 Å². The molecule has 0 spiro atoms. The second-order valence-corrected chi connectivity index (χ2v) is 6.66. The van der Waals surface area contributed by atoms with Gasteiger partial charge in [-0.3, -0.25) is 4.99 Å². The molecule has 2 aromatic rings. The molecule has 0 saturated carbocycles. The van der Waals surface area contributed by atoms with Crippen molar-refractivity contribution in [2.75, 3.05) is 33.5 Å². The largest absolute Gasteiger partial charge is 0.496 e. The molecule has 6 nitrogen and oxygen atoms in total. The van der Waals surface area contributed by atoms with E-state index in [1.165, 1.54) is 12.1 Å². The van der Waals surface area contributed by atoms with E-state index in [0.29, 0.717) is 26.1 Å². The van der Waals surface area contributed by atoms with E-state index in [1.807, 2.05) is 31.2 Å². The van der Waals surface area contributed by atoms with Gasteiger partial charge in [0.1, 0.15) is 17.3 Å². The summed E-state index contributed by atoms with van der Waals surface area (Å²) in [7, 11) is 1.68. The fourth-order valence-corrected chi connectivity index (χ4v) is 3.30. The Hall–Kier alpha value is -2.80. The highest BCUT2D eigenvalue weighted by Crippen LogP contribution is 2.29. The molecule has 0 unspecified atom stereocenters. The maximum Gasteiger partial charge on any atom is 0.191 e. The Kier molecular flexibility index (Phi) is 7.69. The molecule has 156 valence electrons. The first kappa shape index (κ1) is 20.9. The molecule has 1 heterocycles. The summed E-state index contributed by atoms with van der Waals surface area (Å²) in [5, 5.41) is 6.55. The molecule has 2 N–H and O–H groups in total. The molecule has 0 aliphatic carbocycles. The van der Waals surface area contributed by atoms with Crippen LogP contribution < -0.4 is 20.1 Å². The number of guanidine groups is 1. The van der Waals surface area contributed by atoms with Gasteiger partial charge in [-0.15, -0.1) is 0 Å². The van der Waals surface area contributed by atoms with E-state index in [2.05, 4.69) is 15.6 Å². The molecular weight excluding hydrogens is 373 g/mol. The lowest BCUT2D eigenvalue weighted by Crippen LogP contribution is -2.38. The minimum absolute atomic E-state index is 0.201. The summed E-state index contributed by atoms with van der Waals surface area (Å²) in [6.07, 6.45) is 1.41. The predicted octanol–water partition coefficient (Wildman–Crippen LogP) is 3.04. The zero-order valence-electron chi connectivity index (χ0n) is 17.0. The van der Waals surface area contributed by atoms with Crippen molar-refractivity contribution in [3.63, 3.8) is 0 Å². The highest BCUT2D eigenvalue weighted by Gasteiger charge is 2.16. The molecular formula is C22H28FN3O3. The summed E-state index contributed by atoms with van der Waals surface area (Å²) in [5.41, 5.74) is 2.71. The maximum atomic E-state index is 13.9. The van der Waals surface area contributed by atoms with Crippen LogP contribution in [0.25, 0.3) is 0 Å². The number of nitrogens with one attached hydrogen (secondary N) is 2. The minimum atomic E-state index is -0.273. The van der Waals surface area contributed by atoms with E-state index >= 15 is 0 Å². The molecule has 3 rings (SSSR count). The second kappa shape index (κ2) is 10.7. The van der Waals surface area contributed by atoms with Crippen LogP contribution in [0.4, 0.5) is 4.39 Å². The quantitative estimate of drug-likeness (QED) is 0.526. The summed E-state index contributed by atoms with van der Waals surface area (Å²) >= 11 is 0. The van der Waals surface area contributed by atoms with E-state index in [-0.39, 0.29) is 12.6 Å². The van der Waals surface area contributed by atoms with Crippen molar-refractivity contribution in [1.29, 1.82) is 0 Å². The number of ether oxygens (including phenoxy) is 3. The van der Waals surface area contributed by atoms with Crippen molar-refractivity contribution in [2.24, 2.45) is 4.99 Å². The molecule has 0 fully saturated rings. The second-order valence-electron chi connectivity index (χ2n) is 6.66. The third-order valence-electron chi connectivity index (χ3n) is 4.63. The van der Waals surface area contributed by atoms with Crippen molar-refractivity contribution in [2.45, 2.75) is 26.4 Å². The third kappa shape index (κ3) is 5.84. The Morgan fingerprint density at radius 1 is 1.17 bits per heavy atom. The fourth-order valence-electron chi connectivity index (χ4n) is 3.30. The topological polar surface area (TPSA) is 64.1 Å². The van der Waals surface area contributed by atoms with Gasteiger partial charge in [0, 0.05) is 25.2 Å². The van der Waals surface area contributed by atoms with Gasteiger partial charge >= 0.3 is 0 Å². The Morgan fingerprint density at radius 3 is 2.86 bits per heavy atom. The molecule has 2 aromatic carbocycles. The Bertz CT molecular complexity index is 842. The molecule has 0 radical (unpaired) electrons. The number of aliphatic imine (C=N–C) groups is 1. The van der Waals surface area contributed by atoms with Crippen LogP contribution in [-0.4, -0.2) is 39.5 Å². The van der Waals surface area contributed by atoms with Crippen molar-refractivity contribution in [3.8, 4) is 11.5 Å². The predicted molar refractivity (Wildman–Crippen MR) is 111 cm³/mol. The summed E-state index contributed by atoms with van der Waals surface area (Å²) in [6, 6.07) is 10.9. The number of rotatable bonds is 8. The molecule has 0 bridgehead atoms. The van der Waals surface area contributed by atoms with Crippen LogP contribution in [-0.2, 0) is 24.2 Å². The van der Waals surface area contributed by atoms with E-state index < -0.39 is 0 Å². The lowest BCUT2D eigenvalue weighted by atomic mass is 10.1. The molecule has 0 amide bonds. The van der Waals surface area contributed by atoms with Gasteiger partial charge in [0.15, 0.2) is 12.8 Å². The van der Waals surface area contributed by atoms with Gasteiger partial charge in [-0.25, -0.2) is 4.39 Å². The number of hydrogen-bond acceptors (Lipinski definition) is 4. The van der Waals surface area contributed by atoms with Gasteiger partial charge in [0.2, 0.25) is 0 Å². The lowest BCUT2D eigenvalue weighted by Gasteiger charge is -2.21. The number of hydrogen-bond donors (Lipinski definition) is 2. The molecule has 0 saturated heterocycles. The standard InChI is InChI=1S/C22H28FN3O3/c1-3-24-22(25-10-8-16-6-4-5-7-20(16)27-2)26-11-9-17-12-19(23)13-18-14-28-15-29-21(17)18/h4-7,12-13H,3,8-11,14-15H2,1-2H3,(H2,24,25,26). The SMILES string of the molecule is CCNC(=NCCc1ccccc1OC)NCCc1cc(F)cc2c1OCOC2. The molecule has 1 aliphatic rings. The Balaban J connectivity index is 1.57. The zero-order valence-corrected chi connectivity index (χ0v) is 17.0. The lowest BCUT2D eigenvalue weighted by molar-refractivity contribution is -0.0172. The van der Waals surface area contributed by atoms with Gasteiger partial charge < -0.3 is 24.8 Å². The molecule has 1 aliphatic heterocycles. The van der Waals surface area contributed by atoms with E-state index in [4.69, 9.17) is 14.2 Å². The van der Waals surface area contributed by atoms with E-state index in [9.17, 15) is 4.39 Å². The van der Waals surface area contributed by atoms with Crippen molar-refractivity contribution >= 4 is 5.96 Å². The van der Waals surface area contributed by atoms with Crippen molar-refractivity contribution in [3.05, 3.63) is 58.9 Å². The zero-order chi connectivity index (χ0) is 20.5. The van der Waals surface area contributed by atoms with Gasteiger partial charge in [0.05, 0.1) is 13.7 Å². The van der Waals surface area contributed by atoms with Gasteiger partial charge in [-0.05, 0) is 49.1 Å². The van der Waals surface area contributed by atoms with Crippen LogP contribution in [0.5, 0.6) is 11.5 Å². The first-order valence-corrected chi connectivity index (χ1v) is 9.87. The smallest absolute Gasteiger partial charge is 0.191 e. The van der Waals surface area contributed by atoms with Crippen molar-refractivity contribution in [1.82, 2.24) is 10.6 Å². The molecule has 7 heteroatoms. The Labute approximate surface area is 171 Å².